The van der Waals surface area contributed by atoms with Crippen LogP contribution in [-0.4, -0.2) is 88.0 Å². The number of H-pyrrole nitrogens is 1. The third-order valence-corrected chi connectivity index (χ3v) is 12.5. The maximum atomic E-state index is 14.0. The Hall–Kier alpha value is -5.62. The monoisotopic (exact) mass is 782 g/mol. The number of amides is 1. The Bertz CT molecular complexity index is 2310. The molecule has 4 aromatic carbocycles. The third-order valence-electron chi connectivity index (χ3n) is 12.5. The first-order valence-corrected chi connectivity index (χ1v) is 20.4. The largest absolute Gasteiger partial charge is 0.506 e. The van der Waals surface area contributed by atoms with Gasteiger partial charge in [0.2, 0.25) is 5.56 Å². The fourth-order valence-electron chi connectivity index (χ4n) is 8.97. The van der Waals surface area contributed by atoms with Crippen molar-refractivity contribution in [1.29, 1.82) is 0 Å². The Labute approximate surface area is 337 Å². The number of phenolic OH excluding ortho intramolecular Hbond substituents is 1. The molecule has 0 radical (unpaired) electrons. The van der Waals surface area contributed by atoms with Gasteiger partial charge in [-0.3, -0.25) is 24.1 Å². The number of aliphatic hydroxyl groups excluding tert-OH is 1. The lowest BCUT2D eigenvalue weighted by Gasteiger charge is -2.46. The highest BCUT2D eigenvalue weighted by Gasteiger charge is 2.47. The predicted molar refractivity (Wildman–Crippen MR) is 221 cm³/mol. The van der Waals surface area contributed by atoms with E-state index in [1.165, 1.54) is 12.1 Å². The van der Waals surface area contributed by atoms with Gasteiger partial charge >= 0.3 is 5.97 Å². The van der Waals surface area contributed by atoms with Gasteiger partial charge in [0.25, 0.3) is 5.91 Å². The first-order valence-electron chi connectivity index (χ1n) is 20.4. The molecular formula is C47H50N4O7. The normalized spacial score (nSPS) is 20.4. The number of ketones is 1. The molecule has 4 fully saturated rings. The Morgan fingerprint density at radius 1 is 0.828 bits per heavy atom. The van der Waals surface area contributed by atoms with Crippen LogP contribution in [0.5, 0.6) is 5.75 Å². The van der Waals surface area contributed by atoms with Crippen molar-refractivity contribution in [2.75, 3.05) is 39.3 Å². The van der Waals surface area contributed by atoms with Crippen LogP contribution in [0.3, 0.4) is 0 Å². The molecule has 4 N–H and O–H groups in total. The number of pyridine rings is 1. The number of nitrogens with zero attached hydrogens (tertiary/aromatic N) is 2. The second-order valence-electron chi connectivity index (χ2n) is 16.1. The molecule has 2 bridgehead atoms. The number of carbonyl (C=O) groups excluding carboxylic acids is 3. The van der Waals surface area contributed by atoms with Crippen molar-refractivity contribution < 1.29 is 29.3 Å². The Morgan fingerprint density at radius 3 is 2.21 bits per heavy atom. The first kappa shape index (κ1) is 39.2. The zero-order chi connectivity index (χ0) is 40.2. The summed E-state index contributed by atoms with van der Waals surface area (Å²) >= 11 is 0. The second-order valence-corrected chi connectivity index (χ2v) is 16.1. The molecule has 0 saturated carbocycles. The molecule has 11 nitrogen and oxygen atoms in total. The molecule has 5 heterocycles. The molecule has 2 atom stereocenters. The molecule has 11 heteroatoms. The number of ether oxygens (including phenoxy) is 1. The highest BCUT2D eigenvalue weighted by molar-refractivity contribution is 5.99. The van der Waals surface area contributed by atoms with Crippen LogP contribution in [0.2, 0.25) is 0 Å². The first-order chi connectivity index (χ1) is 28.2. The number of nitrogens with one attached hydrogen (secondary N) is 2. The number of aromatic amines is 1. The average molecular weight is 783 g/mol. The molecule has 4 saturated heterocycles. The highest BCUT2D eigenvalue weighted by Crippen LogP contribution is 2.39. The number of rotatable bonds is 13. The van der Waals surface area contributed by atoms with Gasteiger partial charge in [0, 0.05) is 61.7 Å². The Morgan fingerprint density at radius 2 is 1.52 bits per heavy atom. The summed E-state index contributed by atoms with van der Waals surface area (Å²) < 4.78 is 6.30. The van der Waals surface area contributed by atoms with Gasteiger partial charge in [-0.05, 0) is 97.6 Å². The van der Waals surface area contributed by atoms with Crippen molar-refractivity contribution in [3.05, 3.63) is 147 Å². The van der Waals surface area contributed by atoms with E-state index in [1.807, 2.05) is 59.5 Å². The number of carbonyl (C=O) groups is 3. The fourth-order valence-corrected chi connectivity index (χ4v) is 8.97. The third kappa shape index (κ3) is 8.34. The van der Waals surface area contributed by atoms with Crippen LogP contribution < -0.4 is 10.9 Å². The molecule has 4 aliphatic rings. The summed E-state index contributed by atoms with van der Waals surface area (Å²) in [5.41, 5.74) is 3.84. The molecular weight excluding hydrogens is 733 g/mol. The molecule has 1 amide bonds. The van der Waals surface area contributed by atoms with Crippen molar-refractivity contribution in [2.24, 2.45) is 5.92 Å². The van der Waals surface area contributed by atoms with Gasteiger partial charge in [-0.25, -0.2) is 0 Å². The number of benzene rings is 4. The van der Waals surface area contributed by atoms with E-state index in [-0.39, 0.29) is 41.6 Å². The Balaban J connectivity index is 0.810. The van der Waals surface area contributed by atoms with E-state index in [1.54, 1.807) is 36.4 Å². The lowest BCUT2D eigenvalue weighted by atomic mass is 9.72. The van der Waals surface area contributed by atoms with Crippen LogP contribution in [0.15, 0.2) is 108 Å². The van der Waals surface area contributed by atoms with Crippen molar-refractivity contribution in [2.45, 2.75) is 62.7 Å². The number of aromatic nitrogens is 1. The van der Waals surface area contributed by atoms with Gasteiger partial charge in [0.05, 0.1) is 17.0 Å². The van der Waals surface area contributed by atoms with E-state index >= 15 is 0 Å². The Kier molecular flexibility index (Phi) is 11.5. The number of hydrogen-bond acceptors (Lipinski definition) is 9. The lowest BCUT2D eigenvalue weighted by molar-refractivity contribution is -0.167. The standard InChI is InChI=1S/C47H50N4O7/c52-39(17-10-31-6-8-32(9-7-31)28-48-29-41(54)37-15-18-40(53)44-38(37)16-19-43(55)49-44)33-11-13-35(14-12-33)45(56)51-26-22-47(23-27-51,36-4-2-1-3-5-36)46(57)58-42-30-50-24-20-34(42)21-25-50/h1-9,11-16,18-19,34,41-42,48,53-54H,10,17,20-30H2,(H,49,55)/t41-,42-/m0/s1. The number of esters is 1. The minimum Gasteiger partial charge on any atom is -0.506 e. The van der Waals surface area contributed by atoms with E-state index in [2.05, 4.69) is 15.2 Å². The molecule has 1 aromatic heterocycles. The van der Waals surface area contributed by atoms with Crippen molar-refractivity contribution in [1.82, 2.24) is 20.1 Å². The number of aliphatic hydroxyl groups is 1. The van der Waals surface area contributed by atoms with Crippen molar-refractivity contribution in [3.8, 4) is 5.75 Å². The van der Waals surface area contributed by atoms with Crippen LogP contribution in [0.25, 0.3) is 10.9 Å². The quantitative estimate of drug-likeness (QED) is 0.0873. The van der Waals surface area contributed by atoms with Gasteiger partial charge in [-0.1, -0.05) is 72.8 Å². The van der Waals surface area contributed by atoms with Crippen molar-refractivity contribution in [3.63, 3.8) is 0 Å². The van der Waals surface area contributed by atoms with Gasteiger partial charge in [-0.15, -0.1) is 0 Å². The molecule has 4 aliphatic heterocycles. The molecule has 0 unspecified atom stereocenters. The van der Waals surface area contributed by atoms with E-state index in [4.69, 9.17) is 4.74 Å². The number of fused-ring (bicyclic) bond motifs is 4. The van der Waals surface area contributed by atoms with Crippen LogP contribution in [0.1, 0.15) is 81.2 Å². The number of aromatic hydroxyl groups is 1. The fraction of sp³-hybridized carbons (Fsp3) is 0.362. The summed E-state index contributed by atoms with van der Waals surface area (Å²) in [5, 5.41) is 24.8. The smallest absolute Gasteiger partial charge is 0.317 e. The number of aryl methyl sites for hydroxylation is 1. The SMILES string of the molecule is O=C(CCc1ccc(CNC[C@H](O)c2ccc(O)c3[nH]c(=O)ccc23)cc1)c1ccc(C(=O)N2CCC(C(=O)O[C@H]3CN4CCC3CC4)(c3ccccc3)CC2)cc1. The predicted octanol–water partition coefficient (Wildman–Crippen LogP) is 5.68. The van der Waals surface area contributed by atoms with Gasteiger partial charge < -0.3 is 30.2 Å². The summed E-state index contributed by atoms with van der Waals surface area (Å²) in [7, 11) is 0. The minimum atomic E-state index is -0.853. The topological polar surface area (TPSA) is 152 Å². The van der Waals surface area contributed by atoms with E-state index in [9.17, 15) is 29.4 Å². The van der Waals surface area contributed by atoms with E-state index in [0.717, 1.165) is 49.2 Å². The van der Waals surface area contributed by atoms with E-state index < -0.39 is 11.5 Å². The number of phenols is 1. The summed E-state index contributed by atoms with van der Waals surface area (Å²) in [6, 6.07) is 30.8. The maximum Gasteiger partial charge on any atom is 0.317 e. The second kappa shape index (κ2) is 17.1. The van der Waals surface area contributed by atoms with Gasteiger partial charge in [0.15, 0.2) is 5.78 Å². The number of likely N-dealkylation sites (tertiary alicyclic amines) is 1. The highest BCUT2D eigenvalue weighted by atomic mass is 16.5. The van der Waals surface area contributed by atoms with Gasteiger partial charge in [0.1, 0.15) is 11.9 Å². The van der Waals surface area contributed by atoms with E-state index in [0.29, 0.717) is 78.8 Å². The molecule has 58 heavy (non-hydrogen) atoms. The minimum absolute atomic E-state index is 0.00308. The van der Waals surface area contributed by atoms with Crippen LogP contribution >= 0.6 is 0 Å². The molecule has 300 valence electrons. The zero-order valence-corrected chi connectivity index (χ0v) is 32.6. The van der Waals surface area contributed by atoms with Crippen LogP contribution in [-0.2, 0) is 27.9 Å². The molecule has 9 rings (SSSR count). The summed E-state index contributed by atoms with van der Waals surface area (Å²) in [5.74, 6) is 0.0861. The summed E-state index contributed by atoms with van der Waals surface area (Å²) in [6.45, 7) is 4.61. The molecule has 0 aliphatic carbocycles. The lowest BCUT2D eigenvalue weighted by Crippen LogP contribution is -2.55. The molecule has 5 aromatic rings. The van der Waals surface area contributed by atoms with Gasteiger partial charge in [-0.2, -0.15) is 0 Å². The average Bonchev–Trinajstić information content (AvgIpc) is 3.26. The number of piperidine rings is 4. The number of hydrogen-bond donors (Lipinski definition) is 4. The zero-order valence-electron chi connectivity index (χ0n) is 32.6. The van der Waals surface area contributed by atoms with Crippen LogP contribution in [0, 0.1) is 5.92 Å². The summed E-state index contributed by atoms with van der Waals surface area (Å²) in [4.78, 5) is 59.4. The maximum absolute atomic E-state index is 14.0. The van der Waals surface area contributed by atoms with Crippen LogP contribution in [0.4, 0.5) is 0 Å². The molecule has 0 spiro atoms. The number of Topliss-reactive ketones (excluding diaryl/α,β-unsaturated/α-hetero) is 1. The van der Waals surface area contributed by atoms with Crippen molar-refractivity contribution >= 4 is 28.6 Å². The summed E-state index contributed by atoms with van der Waals surface area (Å²) in [6.07, 6.45) is 3.09.